The van der Waals surface area contributed by atoms with E-state index in [4.69, 9.17) is 10.5 Å². The number of hydrogen-bond acceptors (Lipinski definition) is 5. The third kappa shape index (κ3) is 44.9. The van der Waals surface area contributed by atoms with E-state index in [-0.39, 0.29) is 18.0 Å². The van der Waals surface area contributed by atoms with E-state index < -0.39 is 12.0 Å². The van der Waals surface area contributed by atoms with Crippen LogP contribution in [0.1, 0.15) is 245 Å². The summed E-state index contributed by atoms with van der Waals surface area (Å²) in [5.41, 5.74) is 5.50. The van der Waals surface area contributed by atoms with Crippen molar-refractivity contribution < 1.29 is 24.2 Å². The van der Waals surface area contributed by atoms with Gasteiger partial charge in [0.2, 0.25) is 5.91 Å². The maximum Gasteiger partial charge on any atom is 0.326 e. The number of rotatable bonds is 46. The van der Waals surface area contributed by atoms with Crippen molar-refractivity contribution in [3.8, 4) is 0 Å². The minimum absolute atomic E-state index is 0.000505. The van der Waals surface area contributed by atoms with Gasteiger partial charge < -0.3 is 20.9 Å². The highest BCUT2D eigenvalue weighted by Gasteiger charge is 2.19. The molecule has 352 valence electrons. The van der Waals surface area contributed by atoms with Crippen LogP contribution < -0.4 is 11.1 Å². The quantitative estimate of drug-likeness (QED) is 0.0319. The van der Waals surface area contributed by atoms with Crippen molar-refractivity contribution in [2.45, 2.75) is 257 Å². The molecule has 0 aliphatic carbocycles. The second-order valence-corrected chi connectivity index (χ2v) is 17.2. The monoisotopic (exact) mass is 853 g/mol. The minimum Gasteiger partial charge on any atom is -0.480 e. The molecule has 0 aliphatic rings. The lowest BCUT2D eigenvalue weighted by Crippen LogP contribution is -2.40. The molecule has 0 aromatic carbocycles. The summed E-state index contributed by atoms with van der Waals surface area (Å²) >= 11 is 0. The number of carboxylic acids is 1. The average molecular weight is 853 g/mol. The van der Waals surface area contributed by atoms with Crippen molar-refractivity contribution >= 4 is 17.8 Å². The van der Waals surface area contributed by atoms with Crippen molar-refractivity contribution in [3.63, 3.8) is 0 Å². The molecule has 0 saturated carbocycles. The van der Waals surface area contributed by atoms with Gasteiger partial charge in [0.05, 0.1) is 0 Å². The molecule has 1 amide bonds. The highest BCUT2D eigenvalue weighted by Crippen LogP contribution is 2.19. The molecule has 4 N–H and O–H groups in total. The lowest BCUT2D eigenvalue weighted by Gasteiger charge is -2.18. The lowest BCUT2D eigenvalue weighted by atomic mass is 10.0. The van der Waals surface area contributed by atoms with E-state index in [1.54, 1.807) is 0 Å². The third-order valence-corrected chi connectivity index (χ3v) is 11.3. The van der Waals surface area contributed by atoms with E-state index in [9.17, 15) is 19.5 Å². The summed E-state index contributed by atoms with van der Waals surface area (Å²) in [5.74, 6) is -1.24. The zero-order valence-corrected chi connectivity index (χ0v) is 39.7. The molecule has 0 saturated heterocycles. The smallest absolute Gasteiger partial charge is 0.326 e. The van der Waals surface area contributed by atoms with E-state index in [0.717, 1.165) is 109 Å². The van der Waals surface area contributed by atoms with Gasteiger partial charge in [0, 0.05) is 12.8 Å². The van der Waals surface area contributed by atoms with E-state index in [1.807, 2.05) is 0 Å². The Morgan fingerprint density at radius 1 is 0.492 bits per heavy atom. The normalized spacial score (nSPS) is 13.1. The average Bonchev–Trinajstić information content (AvgIpc) is 3.25. The van der Waals surface area contributed by atoms with Crippen LogP contribution in [-0.2, 0) is 19.1 Å². The highest BCUT2D eigenvalue weighted by atomic mass is 16.5. The Hall–Kier alpha value is -2.93. The molecule has 0 fully saturated rings. The number of aliphatic carboxylic acids is 1. The zero-order valence-electron chi connectivity index (χ0n) is 39.7. The van der Waals surface area contributed by atoms with Crippen LogP contribution in [0.4, 0.5) is 0 Å². The second kappa shape index (κ2) is 48.1. The van der Waals surface area contributed by atoms with Gasteiger partial charge in [-0.2, -0.15) is 0 Å². The van der Waals surface area contributed by atoms with Gasteiger partial charge in [-0.05, 0) is 103 Å². The summed E-state index contributed by atoms with van der Waals surface area (Å²) in [4.78, 5) is 36.6. The van der Waals surface area contributed by atoms with Crippen molar-refractivity contribution in [2.75, 3.05) is 6.54 Å². The fourth-order valence-corrected chi connectivity index (χ4v) is 7.54. The maximum absolute atomic E-state index is 12.9. The summed E-state index contributed by atoms with van der Waals surface area (Å²) in [5, 5.41) is 12.0. The number of amides is 1. The number of allylic oxidation sites excluding steroid dienone is 10. The predicted molar refractivity (Wildman–Crippen MR) is 262 cm³/mol. The number of carboxylic acid groups (broad SMARTS) is 1. The molecule has 0 rings (SSSR count). The summed E-state index contributed by atoms with van der Waals surface area (Å²) in [6.45, 7) is 4.85. The van der Waals surface area contributed by atoms with Crippen LogP contribution >= 0.6 is 0 Å². The van der Waals surface area contributed by atoms with Gasteiger partial charge in [-0.15, -0.1) is 0 Å². The van der Waals surface area contributed by atoms with Gasteiger partial charge in [0.25, 0.3) is 0 Å². The molecule has 0 aromatic rings. The summed E-state index contributed by atoms with van der Waals surface area (Å²) in [6.07, 6.45) is 61.3. The molecule has 0 aromatic heterocycles. The van der Waals surface area contributed by atoms with Crippen LogP contribution in [0.15, 0.2) is 60.8 Å². The van der Waals surface area contributed by atoms with E-state index in [0.29, 0.717) is 32.2 Å². The first-order valence-electron chi connectivity index (χ1n) is 25.6. The first kappa shape index (κ1) is 58.1. The Bertz CT molecular complexity index is 1140. The molecule has 0 radical (unpaired) electrons. The topological polar surface area (TPSA) is 119 Å². The number of ether oxygens (including phenoxy) is 1. The molecular weight excluding hydrogens is 757 g/mol. The number of nitrogens with two attached hydrogens (primary N) is 1. The molecule has 0 bridgehead atoms. The number of carbonyl (C=O) groups excluding carboxylic acids is 2. The molecule has 0 spiro atoms. The Balaban J connectivity index is 4.33. The molecular formula is C54H96N2O5. The second-order valence-electron chi connectivity index (χ2n) is 17.2. The minimum atomic E-state index is -1.00. The first-order chi connectivity index (χ1) is 29.9. The fourth-order valence-electron chi connectivity index (χ4n) is 7.54. The number of esters is 1. The van der Waals surface area contributed by atoms with Crippen LogP contribution in [0.25, 0.3) is 0 Å². The molecule has 7 nitrogen and oxygen atoms in total. The first-order valence-corrected chi connectivity index (χ1v) is 25.6. The SMILES string of the molecule is CC/C=C\C/C=C\C/C=C\C/C=C\C/C=C\CCCCCCCC(=O)OC(CCCCCCCCCCCCCCCC)CCCCCCCC(=O)NC(CCCN)C(=O)O. The molecule has 0 heterocycles. The largest absolute Gasteiger partial charge is 0.480 e. The van der Waals surface area contributed by atoms with Crippen LogP contribution in [0, 0.1) is 0 Å². The summed E-state index contributed by atoms with van der Waals surface area (Å²) < 4.78 is 6.08. The van der Waals surface area contributed by atoms with Crippen molar-refractivity contribution in [1.29, 1.82) is 0 Å². The molecule has 7 heteroatoms. The predicted octanol–water partition coefficient (Wildman–Crippen LogP) is 15.3. The lowest BCUT2D eigenvalue weighted by molar-refractivity contribution is -0.150. The van der Waals surface area contributed by atoms with E-state index in [1.165, 1.54) is 96.3 Å². The Morgan fingerprint density at radius 3 is 1.36 bits per heavy atom. The molecule has 0 aliphatic heterocycles. The van der Waals surface area contributed by atoms with Crippen LogP contribution in [0.2, 0.25) is 0 Å². The van der Waals surface area contributed by atoms with Gasteiger partial charge in [-0.25, -0.2) is 4.79 Å². The summed E-state index contributed by atoms with van der Waals surface area (Å²) in [6, 6.07) is -0.860. The van der Waals surface area contributed by atoms with Gasteiger partial charge in [0.15, 0.2) is 0 Å². The van der Waals surface area contributed by atoms with Crippen molar-refractivity contribution in [2.24, 2.45) is 5.73 Å². The van der Waals surface area contributed by atoms with Crippen molar-refractivity contribution in [3.05, 3.63) is 60.8 Å². The maximum atomic E-state index is 12.9. The van der Waals surface area contributed by atoms with Gasteiger partial charge in [-0.3, -0.25) is 9.59 Å². The summed E-state index contributed by atoms with van der Waals surface area (Å²) in [7, 11) is 0. The fraction of sp³-hybridized carbons (Fsp3) is 0.759. The van der Waals surface area contributed by atoms with Gasteiger partial charge in [0.1, 0.15) is 12.1 Å². The van der Waals surface area contributed by atoms with Crippen LogP contribution in [0.3, 0.4) is 0 Å². The van der Waals surface area contributed by atoms with Crippen molar-refractivity contribution in [1.82, 2.24) is 5.32 Å². The van der Waals surface area contributed by atoms with E-state index >= 15 is 0 Å². The Labute approximate surface area is 376 Å². The molecule has 2 unspecified atom stereocenters. The van der Waals surface area contributed by atoms with Crippen LogP contribution in [-0.4, -0.2) is 41.6 Å². The zero-order chi connectivity index (χ0) is 44.5. The molecule has 61 heavy (non-hydrogen) atoms. The Morgan fingerprint density at radius 2 is 0.902 bits per heavy atom. The standard InChI is InChI=1S/C54H96N2O5/c1-3-5-7-9-11-13-15-17-19-20-21-22-23-24-25-27-29-31-33-38-42-48-53(58)61-50(44-39-35-32-30-28-26-18-16-14-12-10-8-6-4-2)45-40-36-34-37-41-47-52(57)56-51(54(59)60)46-43-49-55/h5,7,11,13,17,19,21-22,24-25,50-51H,3-4,6,8-10,12,14-16,18,20,23,26-49,55H2,1-2H3,(H,56,57)(H,59,60)/b7-5-,13-11-,19-17-,22-21-,25-24-. The molecule has 2 atom stereocenters. The number of hydrogen-bond donors (Lipinski definition) is 3. The highest BCUT2D eigenvalue weighted by molar-refractivity contribution is 5.83. The third-order valence-electron chi connectivity index (χ3n) is 11.3. The number of nitrogens with one attached hydrogen (secondary N) is 1. The van der Waals surface area contributed by atoms with Gasteiger partial charge in [-0.1, -0.05) is 197 Å². The Kier molecular flexibility index (Phi) is 45.8. The number of carbonyl (C=O) groups is 3. The van der Waals surface area contributed by atoms with Gasteiger partial charge >= 0.3 is 11.9 Å². The number of unbranched alkanes of at least 4 members (excludes halogenated alkanes) is 22. The van der Waals surface area contributed by atoms with E-state index in [2.05, 4.69) is 79.9 Å². The van der Waals surface area contributed by atoms with Crippen LogP contribution in [0.5, 0.6) is 0 Å².